The minimum atomic E-state index is -0.512. The van der Waals surface area contributed by atoms with Crippen molar-refractivity contribution >= 4 is 5.94 Å². The van der Waals surface area contributed by atoms with Crippen LogP contribution < -0.4 is 0 Å². The lowest BCUT2D eigenvalue weighted by Gasteiger charge is -1.98. The van der Waals surface area contributed by atoms with Crippen molar-refractivity contribution in [3.05, 3.63) is 35.7 Å². The Bertz CT molecular complexity index is 327. The predicted octanol–water partition coefficient (Wildman–Crippen LogP) is 1.46. The number of rotatable bonds is 2. The predicted molar refractivity (Wildman–Crippen MR) is 42.0 cm³/mol. The van der Waals surface area contributed by atoms with Crippen LogP contribution in [-0.2, 0) is 11.2 Å². The largest absolute Gasteiger partial charge is 0.508 e. The number of allylic oxidation sites excluding steroid dienone is 1. The number of aromatic hydroxyl groups is 1. The summed E-state index contributed by atoms with van der Waals surface area (Å²) in [7, 11) is 0. The van der Waals surface area contributed by atoms with Gasteiger partial charge in [0, 0.05) is 18.6 Å². The molecule has 0 saturated heterocycles. The molecule has 0 atom stereocenters. The highest BCUT2D eigenvalue weighted by Gasteiger charge is 2.00. The number of benzene rings is 1. The van der Waals surface area contributed by atoms with Crippen LogP contribution in [0.1, 0.15) is 5.56 Å². The number of hydrogen-bond donors (Lipinski definition) is 1. The molecule has 0 spiro atoms. The van der Waals surface area contributed by atoms with Crippen molar-refractivity contribution < 1.29 is 14.3 Å². The molecular weight excluding hydrogens is 159 g/mol. The molecule has 0 aliphatic heterocycles. The highest BCUT2D eigenvalue weighted by Crippen LogP contribution is 2.15. The minimum Gasteiger partial charge on any atom is -0.508 e. The van der Waals surface area contributed by atoms with Crippen molar-refractivity contribution in [3.8, 4) is 5.75 Å². The third kappa shape index (κ3) is 1.94. The molecule has 0 heterocycles. The fraction of sp³-hybridized carbons (Fsp3) is 0.111. The molecule has 0 bridgehead atoms. The molecule has 0 saturated carbocycles. The SMILES string of the molecule is O=C=CCc1ccc(O)cc1F. The van der Waals surface area contributed by atoms with E-state index in [2.05, 4.69) is 0 Å². The summed E-state index contributed by atoms with van der Waals surface area (Å²) in [4.78, 5) is 9.80. The molecule has 0 unspecified atom stereocenters. The lowest BCUT2D eigenvalue weighted by atomic mass is 10.1. The number of carbonyl (C=O) groups excluding carboxylic acids is 1. The molecule has 12 heavy (non-hydrogen) atoms. The van der Waals surface area contributed by atoms with E-state index < -0.39 is 5.82 Å². The van der Waals surface area contributed by atoms with E-state index in [1.165, 1.54) is 18.2 Å². The Morgan fingerprint density at radius 2 is 2.33 bits per heavy atom. The van der Waals surface area contributed by atoms with E-state index >= 15 is 0 Å². The van der Waals surface area contributed by atoms with Crippen LogP contribution >= 0.6 is 0 Å². The molecule has 3 heteroatoms. The maximum Gasteiger partial charge on any atom is 0.130 e. The van der Waals surface area contributed by atoms with Gasteiger partial charge in [0.25, 0.3) is 0 Å². The van der Waals surface area contributed by atoms with Gasteiger partial charge < -0.3 is 5.11 Å². The highest BCUT2D eigenvalue weighted by atomic mass is 19.1. The lowest BCUT2D eigenvalue weighted by molar-refractivity contribution is 0.468. The van der Waals surface area contributed by atoms with Gasteiger partial charge in [-0.05, 0) is 11.6 Å². The maximum absolute atomic E-state index is 12.9. The smallest absolute Gasteiger partial charge is 0.130 e. The zero-order chi connectivity index (χ0) is 8.97. The average molecular weight is 166 g/mol. The van der Waals surface area contributed by atoms with Crippen LogP contribution in [0, 0.1) is 5.82 Å². The van der Waals surface area contributed by atoms with E-state index in [1.54, 1.807) is 5.94 Å². The van der Waals surface area contributed by atoms with Crippen molar-refractivity contribution in [2.24, 2.45) is 0 Å². The van der Waals surface area contributed by atoms with Crippen LogP contribution in [0.5, 0.6) is 5.75 Å². The van der Waals surface area contributed by atoms with Crippen molar-refractivity contribution in [3.63, 3.8) is 0 Å². The lowest BCUT2D eigenvalue weighted by Crippen LogP contribution is -1.86. The first-order valence-electron chi connectivity index (χ1n) is 3.41. The van der Waals surface area contributed by atoms with Crippen molar-refractivity contribution in [1.82, 2.24) is 0 Å². The number of phenols is 1. The molecule has 1 aromatic carbocycles. The first kappa shape index (κ1) is 8.50. The molecule has 0 aromatic heterocycles. The Balaban J connectivity index is 2.93. The summed E-state index contributed by atoms with van der Waals surface area (Å²) in [6.45, 7) is 0. The zero-order valence-electron chi connectivity index (χ0n) is 6.25. The summed E-state index contributed by atoms with van der Waals surface area (Å²) in [5.74, 6) is 0.922. The normalized spacial score (nSPS) is 9.08. The fourth-order valence-electron chi connectivity index (χ4n) is 0.853. The standard InChI is InChI=1S/C9H7FO2/c10-9-6-8(12)4-3-7(9)2-1-5-11/h1,3-4,6,12H,2H2. The minimum absolute atomic E-state index is 0.119. The fourth-order valence-corrected chi connectivity index (χ4v) is 0.853. The van der Waals surface area contributed by atoms with Gasteiger partial charge in [0.15, 0.2) is 0 Å². The Morgan fingerprint density at radius 1 is 1.58 bits per heavy atom. The molecule has 62 valence electrons. The second-order valence-corrected chi connectivity index (χ2v) is 2.30. The van der Waals surface area contributed by atoms with Crippen LogP contribution in [0.3, 0.4) is 0 Å². The van der Waals surface area contributed by atoms with Crippen molar-refractivity contribution in [1.29, 1.82) is 0 Å². The quantitative estimate of drug-likeness (QED) is 0.675. The molecule has 0 radical (unpaired) electrons. The van der Waals surface area contributed by atoms with Gasteiger partial charge in [0.05, 0.1) is 0 Å². The van der Waals surface area contributed by atoms with E-state index in [0.29, 0.717) is 5.56 Å². The van der Waals surface area contributed by atoms with Gasteiger partial charge in [-0.15, -0.1) is 0 Å². The van der Waals surface area contributed by atoms with Gasteiger partial charge in [-0.25, -0.2) is 9.18 Å². The topological polar surface area (TPSA) is 37.3 Å². The summed E-state index contributed by atoms with van der Waals surface area (Å²) in [5.41, 5.74) is 0.371. The third-order valence-corrected chi connectivity index (χ3v) is 1.44. The van der Waals surface area contributed by atoms with Gasteiger partial charge in [-0.3, -0.25) is 0 Å². The summed E-state index contributed by atoms with van der Waals surface area (Å²) in [6, 6.07) is 3.81. The van der Waals surface area contributed by atoms with Crippen molar-refractivity contribution in [2.75, 3.05) is 0 Å². The molecule has 1 rings (SSSR count). The summed E-state index contributed by atoms with van der Waals surface area (Å²) in [5, 5.41) is 8.84. The zero-order valence-corrected chi connectivity index (χ0v) is 6.25. The van der Waals surface area contributed by atoms with Crippen LogP contribution in [-0.4, -0.2) is 11.0 Å². The third-order valence-electron chi connectivity index (χ3n) is 1.44. The first-order chi connectivity index (χ1) is 5.74. The molecule has 0 aliphatic rings. The molecule has 0 amide bonds. The summed E-state index contributed by atoms with van der Waals surface area (Å²) < 4.78 is 12.9. The second kappa shape index (κ2) is 3.69. The van der Waals surface area contributed by atoms with Gasteiger partial charge in [0.1, 0.15) is 17.5 Å². The van der Waals surface area contributed by atoms with E-state index in [-0.39, 0.29) is 12.2 Å². The highest BCUT2D eigenvalue weighted by molar-refractivity contribution is 5.46. The second-order valence-electron chi connectivity index (χ2n) is 2.30. The first-order valence-corrected chi connectivity index (χ1v) is 3.41. The van der Waals surface area contributed by atoms with E-state index in [4.69, 9.17) is 5.11 Å². The average Bonchev–Trinajstić information content (AvgIpc) is 2.03. The maximum atomic E-state index is 12.9. The molecule has 0 aliphatic carbocycles. The number of hydrogen-bond acceptors (Lipinski definition) is 2. The van der Waals surface area contributed by atoms with Gasteiger partial charge >= 0.3 is 0 Å². The molecule has 0 fully saturated rings. The van der Waals surface area contributed by atoms with E-state index in [9.17, 15) is 9.18 Å². The van der Waals surface area contributed by atoms with E-state index in [1.807, 2.05) is 0 Å². The molecular formula is C9H7FO2. The van der Waals surface area contributed by atoms with Gasteiger partial charge in [0.2, 0.25) is 0 Å². The van der Waals surface area contributed by atoms with Gasteiger partial charge in [-0.2, -0.15) is 0 Å². The van der Waals surface area contributed by atoms with Crippen molar-refractivity contribution in [2.45, 2.75) is 6.42 Å². The Morgan fingerprint density at radius 3 is 2.92 bits per heavy atom. The number of phenolic OH excluding ortho intramolecular Hbond substituents is 1. The summed E-state index contributed by atoms with van der Waals surface area (Å²) in [6.07, 6.45) is 1.39. The Hall–Kier alpha value is -1.60. The van der Waals surface area contributed by atoms with Gasteiger partial charge in [-0.1, -0.05) is 6.07 Å². The summed E-state index contributed by atoms with van der Waals surface area (Å²) >= 11 is 0. The molecule has 1 aromatic rings. The van der Waals surface area contributed by atoms with Crippen LogP contribution in [0.2, 0.25) is 0 Å². The van der Waals surface area contributed by atoms with Crippen LogP contribution in [0.4, 0.5) is 4.39 Å². The Labute approximate surface area is 69.0 Å². The van der Waals surface area contributed by atoms with E-state index in [0.717, 1.165) is 6.07 Å². The number of halogens is 1. The molecule has 2 nitrogen and oxygen atoms in total. The van der Waals surface area contributed by atoms with Crippen LogP contribution in [0.15, 0.2) is 24.3 Å². The molecule has 1 N–H and O–H groups in total. The Kier molecular flexibility index (Phi) is 2.62. The van der Waals surface area contributed by atoms with Crippen LogP contribution in [0.25, 0.3) is 0 Å². The monoisotopic (exact) mass is 166 g/mol.